The highest BCUT2D eigenvalue weighted by Gasteiger charge is 2.39. The van der Waals surface area contributed by atoms with Crippen molar-refractivity contribution in [3.8, 4) is 0 Å². The lowest BCUT2D eigenvalue weighted by Crippen LogP contribution is -2.35. The second-order valence-electron chi connectivity index (χ2n) is 6.29. The normalized spacial score (nSPS) is 20.8. The van der Waals surface area contributed by atoms with Crippen molar-refractivity contribution in [2.45, 2.75) is 50.5 Å². The molecule has 3 heteroatoms. The molecule has 0 atom stereocenters. The molecule has 0 aromatic heterocycles. The Hall–Kier alpha value is -1.35. The van der Waals surface area contributed by atoms with E-state index < -0.39 is 0 Å². The van der Waals surface area contributed by atoms with Gasteiger partial charge in [0.05, 0.1) is 0 Å². The van der Waals surface area contributed by atoms with Crippen molar-refractivity contribution < 1.29 is 4.79 Å². The molecule has 0 radical (unpaired) electrons. The van der Waals surface area contributed by atoms with E-state index in [1.54, 1.807) is 0 Å². The first-order chi connectivity index (χ1) is 9.67. The molecule has 1 aromatic carbocycles. The van der Waals surface area contributed by atoms with Gasteiger partial charge in [0.25, 0.3) is 0 Å². The second kappa shape index (κ2) is 5.57. The van der Waals surface area contributed by atoms with Gasteiger partial charge in [-0.3, -0.25) is 4.79 Å². The zero-order valence-corrected chi connectivity index (χ0v) is 12.1. The number of likely N-dealkylation sites (tertiary alicyclic amines) is 1. The van der Waals surface area contributed by atoms with Crippen LogP contribution >= 0.6 is 0 Å². The van der Waals surface area contributed by atoms with E-state index in [-0.39, 0.29) is 5.54 Å². The number of nitrogens with zero attached hydrogens (tertiary/aromatic N) is 1. The van der Waals surface area contributed by atoms with Gasteiger partial charge in [-0.15, -0.1) is 0 Å². The molecule has 1 aliphatic carbocycles. The Morgan fingerprint density at radius 2 is 1.75 bits per heavy atom. The average Bonchev–Trinajstić information content (AvgIpc) is 3.25. The van der Waals surface area contributed by atoms with Crippen molar-refractivity contribution in [1.82, 2.24) is 4.90 Å². The number of benzene rings is 1. The van der Waals surface area contributed by atoms with Gasteiger partial charge in [-0.25, -0.2) is 0 Å². The number of nitrogens with two attached hydrogens (primary N) is 1. The van der Waals surface area contributed by atoms with Crippen LogP contribution in [-0.4, -0.2) is 23.9 Å². The maximum Gasteiger partial charge on any atom is 0.222 e. The molecule has 3 rings (SSSR count). The number of piperidine rings is 1. The molecule has 2 fully saturated rings. The van der Waals surface area contributed by atoms with Crippen molar-refractivity contribution in [1.29, 1.82) is 0 Å². The third kappa shape index (κ3) is 3.04. The Morgan fingerprint density at radius 1 is 1.10 bits per heavy atom. The summed E-state index contributed by atoms with van der Waals surface area (Å²) in [7, 11) is 0. The topological polar surface area (TPSA) is 46.3 Å². The third-order valence-corrected chi connectivity index (χ3v) is 4.65. The van der Waals surface area contributed by atoms with Crippen LogP contribution in [0.3, 0.4) is 0 Å². The van der Waals surface area contributed by atoms with Crippen LogP contribution in [0.15, 0.2) is 24.3 Å². The predicted molar refractivity (Wildman–Crippen MR) is 80.3 cm³/mol. The molecule has 20 heavy (non-hydrogen) atoms. The molecule has 1 saturated heterocycles. The van der Waals surface area contributed by atoms with Gasteiger partial charge < -0.3 is 10.6 Å². The van der Waals surface area contributed by atoms with E-state index in [0.717, 1.165) is 32.4 Å². The van der Waals surface area contributed by atoms with Gasteiger partial charge in [0.1, 0.15) is 0 Å². The van der Waals surface area contributed by atoms with E-state index in [1.807, 2.05) is 4.90 Å². The smallest absolute Gasteiger partial charge is 0.222 e. The minimum atomic E-state index is -0.0534. The molecule has 1 aliphatic heterocycles. The Balaban J connectivity index is 1.51. The van der Waals surface area contributed by atoms with Crippen LogP contribution in [0.4, 0.5) is 0 Å². The maximum atomic E-state index is 12.1. The van der Waals surface area contributed by atoms with Gasteiger partial charge in [-0.2, -0.15) is 0 Å². The van der Waals surface area contributed by atoms with E-state index in [9.17, 15) is 4.79 Å². The number of aryl methyl sites for hydroxylation is 1. The zero-order chi connectivity index (χ0) is 14.0. The minimum Gasteiger partial charge on any atom is -0.343 e. The summed E-state index contributed by atoms with van der Waals surface area (Å²) in [5, 5.41) is 0. The van der Waals surface area contributed by atoms with Gasteiger partial charge in [0.2, 0.25) is 5.91 Å². The fraction of sp³-hybridized carbons (Fsp3) is 0.588. The number of rotatable bonds is 4. The van der Waals surface area contributed by atoms with Gasteiger partial charge in [0, 0.05) is 25.0 Å². The van der Waals surface area contributed by atoms with E-state index in [2.05, 4.69) is 24.3 Å². The van der Waals surface area contributed by atoms with E-state index >= 15 is 0 Å². The number of amides is 1. The van der Waals surface area contributed by atoms with Crippen molar-refractivity contribution >= 4 is 5.91 Å². The highest BCUT2D eigenvalue weighted by molar-refractivity contribution is 5.76. The van der Waals surface area contributed by atoms with Crippen molar-refractivity contribution in [2.75, 3.05) is 13.1 Å². The molecule has 1 amide bonds. The fourth-order valence-corrected chi connectivity index (χ4v) is 2.98. The van der Waals surface area contributed by atoms with E-state index in [0.29, 0.717) is 12.3 Å². The molecular weight excluding hydrogens is 248 g/mol. The quantitative estimate of drug-likeness (QED) is 0.915. The van der Waals surface area contributed by atoms with Crippen LogP contribution in [0, 0.1) is 0 Å². The lowest BCUT2D eigenvalue weighted by Gasteiger charge is -2.26. The molecule has 0 spiro atoms. The summed E-state index contributed by atoms with van der Waals surface area (Å²) < 4.78 is 0. The van der Waals surface area contributed by atoms with Crippen molar-refractivity contribution in [3.05, 3.63) is 35.4 Å². The van der Waals surface area contributed by atoms with Crippen LogP contribution < -0.4 is 5.73 Å². The monoisotopic (exact) mass is 272 g/mol. The lowest BCUT2D eigenvalue weighted by atomic mass is 10.0. The standard InChI is InChI=1S/C17H24N2O/c18-17(10-11-17)15-7-4-14(5-8-15)6-9-16(20)19-12-2-1-3-13-19/h4-5,7-8H,1-3,6,9-13,18H2. The highest BCUT2D eigenvalue weighted by Crippen LogP contribution is 2.42. The Kier molecular flexibility index (Phi) is 3.79. The Labute approximate surface area is 121 Å². The number of hydrogen-bond donors (Lipinski definition) is 1. The van der Waals surface area contributed by atoms with Crippen molar-refractivity contribution in [3.63, 3.8) is 0 Å². The summed E-state index contributed by atoms with van der Waals surface area (Å²) in [4.78, 5) is 14.1. The minimum absolute atomic E-state index is 0.0534. The van der Waals surface area contributed by atoms with Crippen molar-refractivity contribution in [2.24, 2.45) is 5.73 Å². The molecule has 1 aromatic rings. The molecule has 0 unspecified atom stereocenters. The zero-order valence-electron chi connectivity index (χ0n) is 12.1. The number of carbonyl (C=O) groups excluding carboxylic acids is 1. The van der Waals surface area contributed by atoms with Gasteiger partial charge >= 0.3 is 0 Å². The first kappa shape index (κ1) is 13.6. The third-order valence-electron chi connectivity index (χ3n) is 4.65. The first-order valence-corrected chi connectivity index (χ1v) is 7.83. The van der Waals surface area contributed by atoms with Gasteiger partial charge in [-0.1, -0.05) is 24.3 Å². The van der Waals surface area contributed by atoms with Crippen LogP contribution in [0.1, 0.15) is 49.7 Å². The SMILES string of the molecule is NC1(c2ccc(CCC(=O)N3CCCCC3)cc2)CC1. The van der Waals surface area contributed by atoms with Crippen LogP contribution in [0.25, 0.3) is 0 Å². The van der Waals surface area contributed by atoms with E-state index in [1.165, 1.54) is 30.4 Å². The number of carbonyl (C=O) groups is 1. The maximum absolute atomic E-state index is 12.1. The summed E-state index contributed by atoms with van der Waals surface area (Å²) in [6.45, 7) is 1.90. The molecular formula is C17H24N2O. The fourth-order valence-electron chi connectivity index (χ4n) is 2.98. The molecule has 0 bridgehead atoms. The Morgan fingerprint density at radius 3 is 2.35 bits per heavy atom. The molecule has 2 aliphatic rings. The number of hydrogen-bond acceptors (Lipinski definition) is 2. The molecule has 2 N–H and O–H groups in total. The van der Waals surface area contributed by atoms with Crippen LogP contribution in [0.5, 0.6) is 0 Å². The second-order valence-corrected chi connectivity index (χ2v) is 6.29. The molecule has 1 heterocycles. The summed E-state index contributed by atoms with van der Waals surface area (Å²) in [5.41, 5.74) is 8.60. The summed E-state index contributed by atoms with van der Waals surface area (Å²) in [5.74, 6) is 0.311. The predicted octanol–water partition coefficient (Wildman–Crippen LogP) is 2.58. The lowest BCUT2D eigenvalue weighted by molar-refractivity contribution is -0.132. The van der Waals surface area contributed by atoms with Gasteiger partial charge in [0.15, 0.2) is 0 Å². The molecule has 3 nitrogen and oxygen atoms in total. The Bertz CT molecular complexity index is 470. The highest BCUT2D eigenvalue weighted by atomic mass is 16.2. The van der Waals surface area contributed by atoms with E-state index in [4.69, 9.17) is 5.73 Å². The van der Waals surface area contributed by atoms with Gasteiger partial charge in [-0.05, 0) is 49.7 Å². The summed E-state index contributed by atoms with van der Waals surface area (Å²) in [6.07, 6.45) is 7.27. The summed E-state index contributed by atoms with van der Waals surface area (Å²) in [6, 6.07) is 8.53. The molecule has 1 saturated carbocycles. The van der Waals surface area contributed by atoms with Crippen LogP contribution in [0.2, 0.25) is 0 Å². The first-order valence-electron chi connectivity index (χ1n) is 7.83. The molecule has 108 valence electrons. The summed E-state index contributed by atoms with van der Waals surface area (Å²) >= 11 is 0. The van der Waals surface area contributed by atoms with Crippen LogP contribution in [-0.2, 0) is 16.8 Å². The largest absolute Gasteiger partial charge is 0.343 e. The average molecular weight is 272 g/mol.